The number of nitrogens with zero attached hydrogens (tertiary/aromatic N) is 2. The number of rotatable bonds is 3. The van der Waals surface area contributed by atoms with Crippen molar-refractivity contribution < 1.29 is 13.2 Å². The Kier molecular flexibility index (Phi) is 4.78. The Labute approximate surface area is 121 Å². The summed E-state index contributed by atoms with van der Waals surface area (Å²) in [6.45, 7) is 3.64. The Balaban J connectivity index is 2.12. The van der Waals surface area contributed by atoms with Crippen LogP contribution in [-0.4, -0.2) is 18.1 Å². The van der Waals surface area contributed by atoms with Gasteiger partial charge in [-0.1, -0.05) is 31.4 Å². The first-order valence-corrected chi connectivity index (χ1v) is 7.27. The summed E-state index contributed by atoms with van der Waals surface area (Å²) in [4.78, 5) is 5.93. The third-order valence-electron chi connectivity index (χ3n) is 3.74. The molecule has 1 saturated heterocycles. The largest absolute Gasteiger partial charge is 0.416 e. The molecule has 112 valence electrons. The molecule has 0 bridgehead atoms. The van der Waals surface area contributed by atoms with Gasteiger partial charge >= 0.3 is 6.18 Å². The molecular weight excluding hydrogens is 289 g/mol. The first-order valence-electron chi connectivity index (χ1n) is 6.90. The zero-order valence-corrected chi connectivity index (χ0v) is 12.1. The van der Waals surface area contributed by atoms with Gasteiger partial charge in [0.15, 0.2) is 0 Å². The van der Waals surface area contributed by atoms with Crippen LogP contribution in [0.3, 0.4) is 0 Å². The summed E-state index contributed by atoms with van der Waals surface area (Å²) < 4.78 is 38.3. The third kappa shape index (κ3) is 3.78. The molecule has 1 aliphatic heterocycles. The van der Waals surface area contributed by atoms with Crippen molar-refractivity contribution in [3.63, 3.8) is 0 Å². The van der Waals surface area contributed by atoms with Crippen LogP contribution in [0.25, 0.3) is 0 Å². The van der Waals surface area contributed by atoms with E-state index in [-0.39, 0.29) is 5.15 Å². The van der Waals surface area contributed by atoms with E-state index in [9.17, 15) is 13.2 Å². The molecule has 0 atom stereocenters. The highest BCUT2D eigenvalue weighted by Gasteiger charge is 2.32. The van der Waals surface area contributed by atoms with Gasteiger partial charge in [0.2, 0.25) is 0 Å². The topological polar surface area (TPSA) is 16.1 Å². The lowest BCUT2D eigenvalue weighted by molar-refractivity contribution is -0.137. The monoisotopic (exact) mass is 306 g/mol. The number of hydrogen-bond acceptors (Lipinski definition) is 2. The fourth-order valence-corrected chi connectivity index (χ4v) is 2.87. The minimum Gasteiger partial charge on any atom is -0.357 e. The molecule has 0 radical (unpaired) electrons. The van der Waals surface area contributed by atoms with Gasteiger partial charge in [-0.2, -0.15) is 13.2 Å². The van der Waals surface area contributed by atoms with Crippen LogP contribution in [-0.2, 0) is 6.18 Å². The normalized spacial score (nSPS) is 17.6. The highest BCUT2D eigenvalue weighted by atomic mass is 35.5. The molecule has 0 aromatic carbocycles. The van der Waals surface area contributed by atoms with Crippen molar-refractivity contribution in [1.29, 1.82) is 0 Å². The molecule has 1 fully saturated rings. The van der Waals surface area contributed by atoms with Gasteiger partial charge in [-0.25, -0.2) is 4.98 Å². The van der Waals surface area contributed by atoms with E-state index in [1.165, 1.54) is 6.42 Å². The van der Waals surface area contributed by atoms with Gasteiger partial charge < -0.3 is 4.90 Å². The van der Waals surface area contributed by atoms with Crippen molar-refractivity contribution in [3.8, 4) is 0 Å². The average molecular weight is 307 g/mol. The smallest absolute Gasteiger partial charge is 0.357 e. The molecule has 0 aliphatic carbocycles. The van der Waals surface area contributed by atoms with Crippen LogP contribution in [0.1, 0.15) is 38.2 Å². The van der Waals surface area contributed by atoms with Crippen molar-refractivity contribution in [3.05, 3.63) is 22.8 Å². The fraction of sp³-hybridized carbons (Fsp3) is 0.643. The van der Waals surface area contributed by atoms with Gasteiger partial charge in [-0.05, 0) is 30.9 Å². The zero-order chi connectivity index (χ0) is 14.8. The lowest BCUT2D eigenvalue weighted by atomic mass is 9.92. The zero-order valence-electron chi connectivity index (χ0n) is 11.4. The van der Waals surface area contributed by atoms with Gasteiger partial charge in [0.05, 0.1) is 5.56 Å². The lowest BCUT2D eigenvalue weighted by Gasteiger charge is -2.33. The second kappa shape index (κ2) is 6.20. The number of hydrogen-bond donors (Lipinski definition) is 0. The molecule has 1 aliphatic rings. The van der Waals surface area contributed by atoms with Gasteiger partial charge in [0, 0.05) is 13.1 Å². The summed E-state index contributed by atoms with van der Waals surface area (Å²) in [5, 5.41) is -0.106. The van der Waals surface area contributed by atoms with Crippen molar-refractivity contribution in [2.24, 2.45) is 5.92 Å². The van der Waals surface area contributed by atoms with E-state index in [2.05, 4.69) is 11.9 Å². The molecule has 2 heterocycles. The molecule has 1 aromatic rings. The number of pyridine rings is 1. The Bertz CT molecular complexity index is 454. The highest BCUT2D eigenvalue weighted by molar-refractivity contribution is 6.29. The number of piperidine rings is 1. The summed E-state index contributed by atoms with van der Waals surface area (Å²) in [6, 6.07) is 1.96. The maximum Gasteiger partial charge on any atom is 0.416 e. The molecule has 0 saturated carbocycles. The first kappa shape index (κ1) is 15.4. The molecular formula is C14H18ClF3N2. The van der Waals surface area contributed by atoms with Crippen LogP contribution in [0, 0.1) is 5.92 Å². The Morgan fingerprint density at radius 1 is 1.30 bits per heavy atom. The fourth-order valence-electron chi connectivity index (χ4n) is 2.67. The Morgan fingerprint density at radius 2 is 1.95 bits per heavy atom. The predicted octanol–water partition coefficient (Wildman–Crippen LogP) is 4.77. The minimum atomic E-state index is -4.39. The van der Waals surface area contributed by atoms with Crippen LogP contribution in [0.4, 0.5) is 19.0 Å². The van der Waals surface area contributed by atoms with Gasteiger partial charge in [-0.15, -0.1) is 0 Å². The molecule has 1 aromatic heterocycles. The Morgan fingerprint density at radius 3 is 2.50 bits per heavy atom. The maximum absolute atomic E-state index is 12.8. The maximum atomic E-state index is 12.8. The van der Waals surface area contributed by atoms with E-state index in [0.717, 1.165) is 44.5 Å². The molecule has 0 spiro atoms. The summed E-state index contributed by atoms with van der Waals surface area (Å²) in [7, 11) is 0. The second-order valence-electron chi connectivity index (χ2n) is 5.25. The first-order chi connectivity index (χ1) is 9.40. The van der Waals surface area contributed by atoms with E-state index in [1.807, 2.05) is 4.90 Å². The highest BCUT2D eigenvalue weighted by Crippen LogP contribution is 2.34. The van der Waals surface area contributed by atoms with Crippen molar-refractivity contribution in [1.82, 2.24) is 4.98 Å². The van der Waals surface area contributed by atoms with E-state index >= 15 is 0 Å². The van der Waals surface area contributed by atoms with Crippen molar-refractivity contribution >= 4 is 17.4 Å². The number of halogens is 4. The van der Waals surface area contributed by atoms with Crippen LogP contribution >= 0.6 is 11.6 Å². The standard InChI is InChI=1S/C14H18ClF3N2/c1-2-3-10-4-6-20(7-5-10)13-9-11(14(16,17)18)8-12(15)19-13/h8-10H,2-7H2,1H3. The SMILES string of the molecule is CCCC1CCN(c2cc(C(F)(F)F)cc(Cl)n2)CC1. The summed E-state index contributed by atoms with van der Waals surface area (Å²) in [5.41, 5.74) is -0.733. The number of anilines is 1. The predicted molar refractivity (Wildman–Crippen MR) is 74.1 cm³/mol. The van der Waals surface area contributed by atoms with Gasteiger partial charge in [-0.3, -0.25) is 0 Å². The van der Waals surface area contributed by atoms with Gasteiger partial charge in [0.1, 0.15) is 11.0 Å². The van der Waals surface area contributed by atoms with E-state index in [1.54, 1.807) is 0 Å². The summed E-state index contributed by atoms with van der Waals surface area (Å²) >= 11 is 5.72. The van der Waals surface area contributed by atoms with Crippen LogP contribution in [0.2, 0.25) is 5.15 Å². The van der Waals surface area contributed by atoms with Crippen LogP contribution in [0.5, 0.6) is 0 Å². The van der Waals surface area contributed by atoms with Gasteiger partial charge in [0.25, 0.3) is 0 Å². The molecule has 0 amide bonds. The lowest BCUT2D eigenvalue weighted by Crippen LogP contribution is -2.34. The number of aromatic nitrogens is 1. The third-order valence-corrected chi connectivity index (χ3v) is 3.94. The molecule has 6 heteroatoms. The molecule has 2 rings (SSSR count). The van der Waals surface area contributed by atoms with Crippen LogP contribution in [0.15, 0.2) is 12.1 Å². The van der Waals surface area contributed by atoms with E-state index in [0.29, 0.717) is 11.7 Å². The molecule has 0 N–H and O–H groups in total. The second-order valence-corrected chi connectivity index (χ2v) is 5.64. The van der Waals surface area contributed by atoms with E-state index in [4.69, 9.17) is 11.6 Å². The van der Waals surface area contributed by atoms with Crippen LogP contribution < -0.4 is 4.90 Å². The number of alkyl halides is 3. The van der Waals surface area contributed by atoms with Crippen molar-refractivity contribution in [2.75, 3.05) is 18.0 Å². The Hall–Kier alpha value is -0.970. The molecule has 0 unspecified atom stereocenters. The van der Waals surface area contributed by atoms with E-state index < -0.39 is 11.7 Å². The molecule has 2 nitrogen and oxygen atoms in total. The summed E-state index contributed by atoms with van der Waals surface area (Å²) in [5.74, 6) is 1.01. The molecule has 20 heavy (non-hydrogen) atoms. The quantitative estimate of drug-likeness (QED) is 0.748. The average Bonchev–Trinajstić information content (AvgIpc) is 2.38. The van der Waals surface area contributed by atoms with Crippen molar-refractivity contribution in [2.45, 2.75) is 38.8 Å². The minimum absolute atomic E-state index is 0.106. The summed E-state index contributed by atoms with van der Waals surface area (Å²) in [6.07, 6.45) is -0.0441.